The summed E-state index contributed by atoms with van der Waals surface area (Å²) >= 11 is 3.28. The van der Waals surface area contributed by atoms with Crippen molar-refractivity contribution in [2.24, 2.45) is 0 Å². The fourth-order valence-corrected chi connectivity index (χ4v) is 2.67. The first-order valence-corrected chi connectivity index (χ1v) is 8.02. The second kappa shape index (κ2) is 8.56. The van der Waals surface area contributed by atoms with E-state index in [2.05, 4.69) is 26.2 Å². The summed E-state index contributed by atoms with van der Waals surface area (Å²) in [5.41, 5.74) is 1.35. The van der Waals surface area contributed by atoms with Crippen molar-refractivity contribution in [3.63, 3.8) is 0 Å². The molecule has 1 heterocycles. The maximum atomic E-state index is 12.4. The van der Waals surface area contributed by atoms with Crippen molar-refractivity contribution in [1.82, 2.24) is 10.3 Å². The molecule has 2 N–H and O–H groups in total. The molecular formula is C17H17BrN2O4. The van der Waals surface area contributed by atoms with Crippen molar-refractivity contribution in [2.75, 3.05) is 7.11 Å². The van der Waals surface area contributed by atoms with Crippen LogP contribution in [-0.4, -0.2) is 35.1 Å². The molecule has 0 unspecified atom stereocenters. The minimum atomic E-state index is -1.12. The number of aromatic nitrogens is 1. The molecule has 0 aliphatic carbocycles. The summed E-state index contributed by atoms with van der Waals surface area (Å²) < 4.78 is 5.78. The highest BCUT2D eigenvalue weighted by Gasteiger charge is 2.27. The molecule has 7 heteroatoms. The Morgan fingerprint density at radius 3 is 2.54 bits per heavy atom. The van der Waals surface area contributed by atoms with Gasteiger partial charge in [0.1, 0.15) is 10.6 Å². The Hall–Kier alpha value is -2.25. The van der Waals surface area contributed by atoms with E-state index in [0.717, 1.165) is 0 Å². The molecule has 126 valence electrons. The van der Waals surface area contributed by atoms with Crippen LogP contribution >= 0.6 is 15.9 Å². The van der Waals surface area contributed by atoms with E-state index in [1.165, 1.54) is 7.11 Å². The molecule has 2 aromatic rings. The number of rotatable bonds is 7. The van der Waals surface area contributed by atoms with E-state index in [4.69, 9.17) is 4.74 Å². The van der Waals surface area contributed by atoms with Crippen LogP contribution in [-0.2, 0) is 20.7 Å². The van der Waals surface area contributed by atoms with E-state index in [1.54, 1.807) is 42.6 Å². The Balaban J connectivity index is 2.13. The first-order chi connectivity index (χ1) is 11.5. The number of ether oxygens (including phenoxy) is 1. The zero-order chi connectivity index (χ0) is 17.5. The Labute approximate surface area is 148 Å². The van der Waals surface area contributed by atoms with Crippen LogP contribution in [0.15, 0.2) is 53.3 Å². The van der Waals surface area contributed by atoms with Crippen molar-refractivity contribution < 1.29 is 19.4 Å². The Bertz CT molecular complexity index is 709. The van der Waals surface area contributed by atoms with Crippen LogP contribution in [0.3, 0.4) is 0 Å². The molecule has 2 atom stereocenters. The fourth-order valence-electron chi connectivity index (χ4n) is 2.26. The van der Waals surface area contributed by atoms with E-state index in [-0.39, 0.29) is 6.42 Å². The van der Waals surface area contributed by atoms with Gasteiger partial charge in [-0.1, -0.05) is 36.4 Å². The second-order valence-corrected chi connectivity index (χ2v) is 5.83. The van der Waals surface area contributed by atoms with Crippen LogP contribution in [0.5, 0.6) is 0 Å². The number of carboxylic acid groups (broad SMARTS) is 1. The summed E-state index contributed by atoms with van der Waals surface area (Å²) in [7, 11) is 1.41. The van der Waals surface area contributed by atoms with Crippen molar-refractivity contribution >= 4 is 27.8 Å². The first kappa shape index (κ1) is 18.1. The van der Waals surface area contributed by atoms with Gasteiger partial charge >= 0.3 is 5.97 Å². The lowest BCUT2D eigenvalue weighted by Crippen LogP contribution is -2.44. The van der Waals surface area contributed by atoms with Crippen molar-refractivity contribution in [3.05, 3.63) is 64.4 Å². The summed E-state index contributed by atoms with van der Waals surface area (Å²) in [6.45, 7) is 0. The number of carboxylic acids is 1. The SMILES string of the molecule is CO[C@@H](C(=O)N[C@H](Cc1cccnc1Br)C(=O)O)c1ccccc1. The standard InChI is InChI=1S/C17H17BrN2O4/c1-24-14(11-6-3-2-4-7-11)16(21)20-13(17(22)23)10-12-8-5-9-19-15(12)18/h2-9,13-14H,10H2,1H3,(H,20,21)(H,22,23)/t13-,14-/m1/s1. The van der Waals surface area contributed by atoms with Crippen LogP contribution < -0.4 is 5.32 Å². The van der Waals surface area contributed by atoms with Crippen LogP contribution in [0, 0.1) is 0 Å². The number of amides is 1. The maximum Gasteiger partial charge on any atom is 0.326 e. The average molecular weight is 393 g/mol. The number of benzene rings is 1. The zero-order valence-corrected chi connectivity index (χ0v) is 14.6. The Kier molecular flexibility index (Phi) is 6.45. The molecule has 2 rings (SSSR count). The topological polar surface area (TPSA) is 88.5 Å². The monoisotopic (exact) mass is 392 g/mol. The number of carbonyl (C=O) groups is 2. The predicted molar refractivity (Wildman–Crippen MR) is 91.4 cm³/mol. The molecule has 1 aromatic heterocycles. The van der Waals surface area contributed by atoms with Gasteiger partial charge in [0.15, 0.2) is 6.10 Å². The molecule has 1 amide bonds. The number of methoxy groups -OCH3 is 1. The second-order valence-electron chi connectivity index (χ2n) is 5.08. The lowest BCUT2D eigenvalue weighted by molar-refractivity contribution is -0.144. The number of pyridine rings is 1. The number of aliphatic carboxylic acids is 1. The van der Waals surface area contributed by atoms with Crippen LogP contribution in [0.1, 0.15) is 17.2 Å². The minimum absolute atomic E-state index is 0.112. The summed E-state index contributed by atoms with van der Waals surface area (Å²) in [5.74, 6) is -1.63. The van der Waals surface area contributed by atoms with Crippen LogP contribution in [0.2, 0.25) is 0 Å². The van der Waals surface area contributed by atoms with Crippen molar-refractivity contribution in [1.29, 1.82) is 0 Å². The first-order valence-electron chi connectivity index (χ1n) is 7.23. The van der Waals surface area contributed by atoms with Gasteiger partial charge in [-0.3, -0.25) is 4.79 Å². The molecule has 0 spiro atoms. The number of nitrogens with one attached hydrogen (secondary N) is 1. The molecular weight excluding hydrogens is 376 g/mol. The van der Waals surface area contributed by atoms with Gasteiger partial charge in [-0.15, -0.1) is 0 Å². The van der Waals surface area contributed by atoms with Gasteiger partial charge < -0.3 is 15.2 Å². The van der Waals surface area contributed by atoms with Crippen molar-refractivity contribution in [3.8, 4) is 0 Å². The molecule has 0 bridgehead atoms. The Morgan fingerprint density at radius 2 is 1.96 bits per heavy atom. The molecule has 0 saturated heterocycles. The molecule has 0 radical (unpaired) electrons. The van der Waals surface area contributed by atoms with Gasteiger partial charge in [0.2, 0.25) is 0 Å². The summed E-state index contributed by atoms with van der Waals surface area (Å²) in [6.07, 6.45) is 0.837. The molecule has 6 nitrogen and oxygen atoms in total. The van der Waals surface area contributed by atoms with Crippen LogP contribution in [0.4, 0.5) is 0 Å². The zero-order valence-electron chi connectivity index (χ0n) is 13.0. The van der Waals surface area contributed by atoms with Gasteiger partial charge in [0.05, 0.1) is 0 Å². The van der Waals surface area contributed by atoms with Gasteiger partial charge in [-0.05, 0) is 33.1 Å². The third-order valence-corrected chi connectivity index (χ3v) is 4.17. The number of halogens is 1. The lowest BCUT2D eigenvalue weighted by atomic mass is 10.1. The molecule has 0 fully saturated rings. The molecule has 1 aromatic carbocycles. The minimum Gasteiger partial charge on any atom is -0.480 e. The predicted octanol–water partition coefficient (Wildman–Crippen LogP) is 2.34. The van der Waals surface area contributed by atoms with E-state index >= 15 is 0 Å². The third kappa shape index (κ3) is 4.62. The Morgan fingerprint density at radius 1 is 1.25 bits per heavy atom. The molecule has 24 heavy (non-hydrogen) atoms. The summed E-state index contributed by atoms with van der Waals surface area (Å²) in [4.78, 5) is 28.0. The lowest BCUT2D eigenvalue weighted by Gasteiger charge is -2.20. The van der Waals surface area contributed by atoms with Gasteiger partial charge in [-0.2, -0.15) is 0 Å². The van der Waals surface area contributed by atoms with Crippen LogP contribution in [0.25, 0.3) is 0 Å². The van der Waals surface area contributed by atoms with Gasteiger partial charge in [-0.25, -0.2) is 9.78 Å². The fraction of sp³-hybridized carbons (Fsp3) is 0.235. The normalized spacial score (nSPS) is 13.1. The average Bonchev–Trinajstić information content (AvgIpc) is 2.57. The van der Waals surface area contributed by atoms with Gasteiger partial charge in [0, 0.05) is 19.7 Å². The van der Waals surface area contributed by atoms with E-state index in [1.807, 2.05) is 6.07 Å². The smallest absolute Gasteiger partial charge is 0.326 e. The molecule has 0 aliphatic rings. The third-order valence-electron chi connectivity index (χ3n) is 3.45. The maximum absolute atomic E-state index is 12.4. The largest absolute Gasteiger partial charge is 0.480 e. The molecule has 0 aliphatic heterocycles. The van der Waals surface area contributed by atoms with Crippen molar-refractivity contribution in [2.45, 2.75) is 18.6 Å². The summed E-state index contributed by atoms with van der Waals surface area (Å²) in [6, 6.07) is 11.3. The van der Waals surface area contributed by atoms with Gasteiger partial charge in [0.25, 0.3) is 5.91 Å². The van der Waals surface area contributed by atoms with E-state index in [9.17, 15) is 14.7 Å². The highest BCUT2D eigenvalue weighted by molar-refractivity contribution is 9.10. The van der Waals surface area contributed by atoms with E-state index < -0.39 is 24.0 Å². The summed E-state index contributed by atoms with van der Waals surface area (Å²) in [5, 5.41) is 11.9. The number of hydrogen-bond donors (Lipinski definition) is 2. The van der Waals surface area contributed by atoms with E-state index in [0.29, 0.717) is 15.7 Å². The highest BCUT2D eigenvalue weighted by atomic mass is 79.9. The molecule has 0 saturated carbocycles. The number of carbonyl (C=O) groups excluding carboxylic acids is 1. The number of nitrogens with zero attached hydrogens (tertiary/aromatic N) is 1. The highest BCUT2D eigenvalue weighted by Crippen LogP contribution is 2.18. The quantitative estimate of drug-likeness (QED) is 0.705. The number of hydrogen-bond acceptors (Lipinski definition) is 4.